The first-order chi connectivity index (χ1) is 13.1. The van der Waals surface area contributed by atoms with Crippen LogP contribution in [0.1, 0.15) is 23.2 Å². The van der Waals surface area contributed by atoms with E-state index in [1.165, 1.54) is 4.88 Å². The molecule has 2 N–H and O–H groups in total. The highest BCUT2D eigenvalue weighted by atomic mass is 35.5. The molecule has 0 aliphatic carbocycles. The van der Waals surface area contributed by atoms with Crippen LogP contribution in [0.4, 0.5) is 5.69 Å². The van der Waals surface area contributed by atoms with Gasteiger partial charge in [-0.3, -0.25) is 0 Å². The van der Waals surface area contributed by atoms with Gasteiger partial charge in [-0.05, 0) is 38.5 Å². The van der Waals surface area contributed by atoms with E-state index in [2.05, 4.69) is 27.4 Å². The topological polar surface area (TPSA) is 61.8 Å². The summed E-state index contributed by atoms with van der Waals surface area (Å²) in [6.45, 7) is 7.37. The van der Waals surface area contributed by atoms with Gasteiger partial charge in [0.2, 0.25) is 0 Å². The van der Waals surface area contributed by atoms with Gasteiger partial charge in [0.25, 0.3) is 0 Å². The Morgan fingerprint density at radius 3 is 3.04 bits per heavy atom. The lowest BCUT2D eigenvalue weighted by atomic mass is 10.2. The monoisotopic (exact) mass is 407 g/mol. The zero-order chi connectivity index (χ0) is 19.2. The zero-order valence-corrected chi connectivity index (χ0v) is 17.5. The van der Waals surface area contributed by atoms with Crippen molar-refractivity contribution in [2.75, 3.05) is 31.6 Å². The number of ether oxygens (including phenoxy) is 1. The number of nitrogens with zero attached hydrogens (tertiary/aromatic N) is 3. The van der Waals surface area contributed by atoms with Gasteiger partial charge in [-0.15, -0.1) is 11.3 Å². The Balaban J connectivity index is 1.64. The van der Waals surface area contributed by atoms with E-state index in [1.54, 1.807) is 18.4 Å². The van der Waals surface area contributed by atoms with Crippen molar-refractivity contribution in [2.24, 2.45) is 4.99 Å². The Kier molecular flexibility index (Phi) is 6.79. The first kappa shape index (κ1) is 19.8. The van der Waals surface area contributed by atoms with Gasteiger partial charge in [-0.25, -0.2) is 9.98 Å². The predicted molar refractivity (Wildman–Crippen MR) is 113 cm³/mol. The van der Waals surface area contributed by atoms with Crippen LogP contribution in [0.5, 0.6) is 5.75 Å². The number of thiazole rings is 1. The van der Waals surface area contributed by atoms with Crippen LogP contribution >= 0.6 is 22.9 Å². The second-order valence-electron chi connectivity index (χ2n) is 6.43. The average molecular weight is 408 g/mol. The minimum atomic E-state index is 0.315. The molecule has 1 saturated heterocycles. The molecule has 0 radical (unpaired) electrons. The summed E-state index contributed by atoms with van der Waals surface area (Å²) in [7, 11) is 1.69. The molecule has 1 aromatic heterocycles. The van der Waals surface area contributed by atoms with Crippen molar-refractivity contribution in [3.8, 4) is 5.75 Å². The van der Waals surface area contributed by atoms with Crippen molar-refractivity contribution in [3.63, 3.8) is 0 Å². The molecule has 0 bridgehead atoms. The molecular formula is C19H26ClN5OS. The fourth-order valence-electron chi connectivity index (χ4n) is 3.16. The molecule has 1 fully saturated rings. The van der Waals surface area contributed by atoms with Crippen molar-refractivity contribution < 1.29 is 4.74 Å². The number of nitrogens with one attached hydrogen (secondary N) is 2. The molecule has 1 unspecified atom stereocenters. The molecule has 146 valence electrons. The van der Waals surface area contributed by atoms with E-state index in [1.807, 2.05) is 31.3 Å². The van der Waals surface area contributed by atoms with Gasteiger partial charge in [0.05, 0.1) is 24.3 Å². The molecule has 6 nitrogen and oxygen atoms in total. The minimum absolute atomic E-state index is 0.315. The minimum Gasteiger partial charge on any atom is -0.495 e. The molecule has 1 atom stereocenters. The fraction of sp³-hybridized carbons (Fsp3) is 0.474. The maximum absolute atomic E-state index is 6.18. The first-order valence-corrected chi connectivity index (χ1v) is 10.3. The third-order valence-electron chi connectivity index (χ3n) is 4.42. The maximum Gasteiger partial charge on any atom is 0.191 e. The molecule has 2 heterocycles. The third-order valence-corrected chi connectivity index (χ3v) is 5.55. The lowest BCUT2D eigenvalue weighted by Crippen LogP contribution is -2.44. The Morgan fingerprint density at radius 2 is 2.33 bits per heavy atom. The van der Waals surface area contributed by atoms with Gasteiger partial charge in [-0.1, -0.05) is 11.6 Å². The van der Waals surface area contributed by atoms with Gasteiger partial charge in [0, 0.05) is 41.8 Å². The summed E-state index contributed by atoms with van der Waals surface area (Å²) in [5, 5.41) is 8.67. The fourth-order valence-corrected chi connectivity index (χ4v) is 4.04. The van der Waals surface area contributed by atoms with E-state index in [9.17, 15) is 0 Å². The molecule has 0 amide bonds. The molecule has 2 aromatic rings. The highest BCUT2D eigenvalue weighted by Crippen LogP contribution is 2.33. The van der Waals surface area contributed by atoms with Crippen molar-refractivity contribution in [2.45, 2.75) is 32.9 Å². The number of guanidine groups is 1. The number of aryl methyl sites for hydroxylation is 1. The summed E-state index contributed by atoms with van der Waals surface area (Å²) >= 11 is 7.87. The van der Waals surface area contributed by atoms with Crippen LogP contribution in [0.3, 0.4) is 0 Å². The molecular weight excluding hydrogens is 382 g/mol. The molecule has 8 heteroatoms. The zero-order valence-electron chi connectivity index (χ0n) is 16.0. The summed E-state index contributed by atoms with van der Waals surface area (Å²) in [6.07, 6.45) is 2.93. The standard InChI is InChI=1S/C19H26ClN5OS/c1-4-21-19(23-11-16-10-22-13(2)27-16)24-15-7-8-25(12-15)17-9-14(20)5-6-18(17)26-3/h5-6,9-10,15H,4,7-8,11-12H2,1-3H3,(H2,21,23,24). The van der Waals surface area contributed by atoms with Crippen LogP contribution in [0.25, 0.3) is 0 Å². The number of benzene rings is 1. The van der Waals surface area contributed by atoms with Crippen molar-refractivity contribution in [1.82, 2.24) is 15.6 Å². The quantitative estimate of drug-likeness (QED) is 0.567. The van der Waals surface area contributed by atoms with Crippen LogP contribution in [0, 0.1) is 6.92 Å². The van der Waals surface area contributed by atoms with Crippen molar-refractivity contribution in [1.29, 1.82) is 0 Å². The molecule has 1 aliphatic rings. The Hall–Kier alpha value is -1.99. The number of aliphatic imine (C=N–C) groups is 1. The molecule has 1 aliphatic heterocycles. The van der Waals surface area contributed by atoms with Crippen LogP contribution in [-0.2, 0) is 6.54 Å². The molecule has 0 saturated carbocycles. The summed E-state index contributed by atoms with van der Waals surface area (Å²) in [5.41, 5.74) is 1.04. The third kappa shape index (κ3) is 5.26. The van der Waals surface area contributed by atoms with E-state index in [0.717, 1.165) is 53.5 Å². The van der Waals surface area contributed by atoms with Crippen LogP contribution in [0.15, 0.2) is 29.4 Å². The van der Waals surface area contributed by atoms with Crippen LogP contribution in [0.2, 0.25) is 5.02 Å². The van der Waals surface area contributed by atoms with E-state index in [-0.39, 0.29) is 0 Å². The Bertz CT molecular complexity index is 794. The summed E-state index contributed by atoms with van der Waals surface area (Å²) in [5.74, 6) is 1.69. The Morgan fingerprint density at radius 1 is 1.48 bits per heavy atom. The number of hydrogen-bond acceptors (Lipinski definition) is 5. The highest BCUT2D eigenvalue weighted by Gasteiger charge is 2.25. The number of hydrogen-bond donors (Lipinski definition) is 2. The first-order valence-electron chi connectivity index (χ1n) is 9.13. The molecule has 3 rings (SSSR count). The number of aromatic nitrogens is 1. The Labute approximate surface area is 169 Å². The van der Waals surface area contributed by atoms with Gasteiger partial charge in [0.15, 0.2) is 5.96 Å². The van der Waals surface area contributed by atoms with Gasteiger partial charge in [-0.2, -0.15) is 0 Å². The van der Waals surface area contributed by atoms with E-state index < -0.39 is 0 Å². The number of methoxy groups -OCH3 is 1. The average Bonchev–Trinajstić information content (AvgIpc) is 3.29. The molecule has 27 heavy (non-hydrogen) atoms. The van der Waals surface area contributed by atoms with E-state index in [0.29, 0.717) is 12.6 Å². The second kappa shape index (κ2) is 9.28. The van der Waals surface area contributed by atoms with Crippen LogP contribution < -0.4 is 20.3 Å². The maximum atomic E-state index is 6.18. The summed E-state index contributed by atoms with van der Waals surface area (Å²) < 4.78 is 5.50. The summed E-state index contributed by atoms with van der Waals surface area (Å²) in [4.78, 5) is 12.5. The van der Waals surface area contributed by atoms with Gasteiger partial charge >= 0.3 is 0 Å². The lowest BCUT2D eigenvalue weighted by molar-refractivity contribution is 0.415. The SMILES string of the molecule is CCNC(=NCc1cnc(C)s1)NC1CCN(c2cc(Cl)ccc2OC)C1. The van der Waals surface area contributed by atoms with Gasteiger partial charge < -0.3 is 20.3 Å². The smallest absolute Gasteiger partial charge is 0.191 e. The number of anilines is 1. The van der Waals surface area contributed by atoms with E-state index in [4.69, 9.17) is 21.3 Å². The van der Waals surface area contributed by atoms with Crippen molar-refractivity contribution in [3.05, 3.63) is 39.3 Å². The number of halogens is 1. The largest absolute Gasteiger partial charge is 0.495 e. The second-order valence-corrected chi connectivity index (χ2v) is 8.19. The molecule has 0 spiro atoms. The highest BCUT2D eigenvalue weighted by molar-refractivity contribution is 7.11. The lowest BCUT2D eigenvalue weighted by Gasteiger charge is -2.22. The van der Waals surface area contributed by atoms with Crippen molar-refractivity contribution >= 4 is 34.6 Å². The predicted octanol–water partition coefficient (Wildman–Crippen LogP) is 3.45. The normalized spacial score (nSPS) is 17.3. The van der Waals surface area contributed by atoms with E-state index >= 15 is 0 Å². The van der Waals surface area contributed by atoms with Crippen LogP contribution in [-0.4, -0.2) is 43.7 Å². The molecule has 1 aromatic carbocycles. The summed E-state index contributed by atoms with van der Waals surface area (Å²) in [6, 6.07) is 6.05. The number of rotatable bonds is 6. The van der Waals surface area contributed by atoms with Gasteiger partial charge in [0.1, 0.15) is 5.75 Å².